The van der Waals surface area contributed by atoms with Crippen LogP contribution in [0.25, 0.3) is 76.8 Å². The summed E-state index contributed by atoms with van der Waals surface area (Å²) in [4.78, 5) is 17.5. The van der Waals surface area contributed by atoms with Crippen LogP contribution < -0.4 is 4.90 Å². The van der Waals surface area contributed by atoms with Crippen molar-refractivity contribution in [2.45, 2.75) is 0 Å². The highest BCUT2D eigenvalue weighted by Crippen LogP contribution is 2.40. The van der Waals surface area contributed by atoms with E-state index in [0.717, 1.165) is 77.7 Å². The molecule has 3 heterocycles. The number of nitrogens with zero attached hydrogens (tertiary/aromatic N) is 4. The van der Waals surface area contributed by atoms with Crippen LogP contribution >= 0.6 is 0 Å². The third-order valence-corrected chi connectivity index (χ3v) is 9.84. The number of pyridine rings is 3. The Morgan fingerprint density at radius 2 is 1.00 bits per heavy atom. The Hall–Kier alpha value is -6.91. The Labute approximate surface area is 294 Å². The van der Waals surface area contributed by atoms with Gasteiger partial charge in [0, 0.05) is 61.3 Å². The van der Waals surface area contributed by atoms with Crippen molar-refractivity contribution in [3.63, 3.8) is 0 Å². The zero-order valence-corrected chi connectivity index (χ0v) is 27.6. The van der Waals surface area contributed by atoms with Crippen molar-refractivity contribution in [3.05, 3.63) is 182 Å². The molecular formula is C47H30N4. The lowest BCUT2D eigenvalue weighted by molar-refractivity contribution is 1.28. The molecule has 3 aromatic heterocycles. The zero-order chi connectivity index (χ0) is 33.7. The van der Waals surface area contributed by atoms with Gasteiger partial charge in [0.1, 0.15) is 0 Å². The van der Waals surface area contributed by atoms with Crippen LogP contribution in [0, 0.1) is 0 Å². The number of aromatic nitrogens is 3. The number of hydrogen-bond acceptors (Lipinski definition) is 4. The standard InChI is InChI=1S/C47H30N4/c1-3-12-36(13-4-1)51(37-14-5-2-6-15-37)38-24-19-33(20-25-38)45-41-27-21-31-10-7-8-16-39(31)44(41)40-26-22-35(30-43(40)50-45)42-28-23-34-18-17-32-11-9-29-48-46(32)47(34)49-42/h1-30H. The van der Waals surface area contributed by atoms with Gasteiger partial charge in [0.25, 0.3) is 0 Å². The minimum atomic E-state index is 0.898. The van der Waals surface area contributed by atoms with E-state index in [4.69, 9.17) is 9.97 Å². The molecule has 10 rings (SSSR count). The van der Waals surface area contributed by atoms with E-state index in [1.165, 1.54) is 16.2 Å². The minimum Gasteiger partial charge on any atom is -0.311 e. The topological polar surface area (TPSA) is 41.9 Å². The van der Waals surface area contributed by atoms with Gasteiger partial charge in [-0.3, -0.25) is 4.98 Å². The SMILES string of the molecule is c1ccc(N(c2ccccc2)c2ccc(-c3nc4cc(-c5ccc6ccc7cccnc7c6n5)ccc4c4c3ccc3ccccc34)cc2)cc1. The van der Waals surface area contributed by atoms with Crippen molar-refractivity contribution < 1.29 is 0 Å². The Kier molecular flexibility index (Phi) is 6.78. The van der Waals surface area contributed by atoms with E-state index in [0.29, 0.717) is 0 Å². The summed E-state index contributed by atoms with van der Waals surface area (Å²) in [6.07, 6.45) is 1.83. The van der Waals surface area contributed by atoms with Crippen molar-refractivity contribution in [1.82, 2.24) is 15.0 Å². The monoisotopic (exact) mass is 650 g/mol. The molecule has 0 unspecified atom stereocenters. The van der Waals surface area contributed by atoms with E-state index in [2.05, 4.69) is 180 Å². The number of fused-ring (bicyclic) bond motifs is 8. The molecule has 10 aromatic rings. The molecule has 7 aromatic carbocycles. The lowest BCUT2D eigenvalue weighted by Gasteiger charge is -2.25. The van der Waals surface area contributed by atoms with Crippen LogP contribution in [-0.2, 0) is 0 Å². The van der Waals surface area contributed by atoms with E-state index in [-0.39, 0.29) is 0 Å². The highest BCUT2D eigenvalue weighted by molar-refractivity contribution is 6.22. The molecule has 0 radical (unpaired) electrons. The highest BCUT2D eigenvalue weighted by atomic mass is 15.1. The van der Waals surface area contributed by atoms with Gasteiger partial charge in [-0.05, 0) is 65.4 Å². The molecule has 4 nitrogen and oxygen atoms in total. The Bertz CT molecular complexity index is 2860. The minimum absolute atomic E-state index is 0.898. The second-order valence-electron chi connectivity index (χ2n) is 12.9. The highest BCUT2D eigenvalue weighted by Gasteiger charge is 2.17. The summed E-state index contributed by atoms with van der Waals surface area (Å²) in [5.74, 6) is 0. The molecule has 0 bridgehead atoms. The lowest BCUT2D eigenvalue weighted by Crippen LogP contribution is -2.09. The quantitative estimate of drug-likeness (QED) is 0.174. The van der Waals surface area contributed by atoms with Crippen molar-refractivity contribution in [2.75, 3.05) is 4.90 Å². The van der Waals surface area contributed by atoms with Crippen LogP contribution in [0.15, 0.2) is 182 Å². The fraction of sp³-hybridized carbons (Fsp3) is 0. The van der Waals surface area contributed by atoms with Crippen molar-refractivity contribution in [3.8, 4) is 22.5 Å². The Morgan fingerprint density at radius 1 is 0.392 bits per heavy atom. The summed E-state index contributed by atoms with van der Waals surface area (Å²) in [5.41, 5.74) is 9.99. The molecule has 0 saturated carbocycles. The number of benzene rings is 7. The third kappa shape index (κ3) is 4.96. The average Bonchev–Trinajstić information content (AvgIpc) is 3.21. The summed E-state index contributed by atoms with van der Waals surface area (Å²) in [7, 11) is 0. The predicted molar refractivity (Wildman–Crippen MR) is 213 cm³/mol. The number of anilines is 3. The first-order valence-corrected chi connectivity index (χ1v) is 17.2. The van der Waals surface area contributed by atoms with E-state index in [1.807, 2.05) is 12.3 Å². The maximum atomic E-state index is 5.42. The average molecular weight is 651 g/mol. The van der Waals surface area contributed by atoms with Gasteiger partial charge in [0.2, 0.25) is 0 Å². The molecule has 0 fully saturated rings. The number of rotatable bonds is 5. The summed E-state index contributed by atoms with van der Waals surface area (Å²) in [6, 6.07) is 61.9. The van der Waals surface area contributed by atoms with Gasteiger partial charge in [-0.2, -0.15) is 0 Å². The molecule has 0 amide bonds. The zero-order valence-electron chi connectivity index (χ0n) is 27.6. The van der Waals surface area contributed by atoms with Crippen LogP contribution in [0.2, 0.25) is 0 Å². The maximum Gasteiger partial charge on any atom is 0.0972 e. The van der Waals surface area contributed by atoms with Gasteiger partial charge in [-0.25, -0.2) is 9.97 Å². The Morgan fingerprint density at radius 3 is 1.78 bits per heavy atom. The molecule has 0 atom stereocenters. The van der Waals surface area contributed by atoms with Crippen LogP contribution in [0.1, 0.15) is 0 Å². The first-order chi connectivity index (χ1) is 25.3. The molecule has 51 heavy (non-hydrogen) atoms. The molecule has 0 saturated heterocycles. The molecular weight excluding hydrogens is 621 g/mol. The van der Waals surface area contributed by atoms with E-state index < -0.39 is 0 Å². The van der Waals surface area contributed by atoms with Gasteiger partial charge < -0.3 is 4.90 Å². The summed E-state index contributed by atoms with van der Waals surface area (Å²) in [6.45, 7) is 0. The lowest BCUT2D eigenvalue weighted by atomic mass is 9.94. The first kappa shape index (κ1) is 29.0. The molecule has 0 aliphatic carbocycles. The normalized spacial score (nSPS) is 11.5. The summed E-state index contributed by atoms with van der Waals surface area (Å²) in [5, 5.41) is 8.04. The molecule has 238 valence electrons. The molecule has 4 heteroatoms. The fourth-order valence-corrected chi connectivity index (χ4v) is 7.41. The maximum absolute atomic E-state index is 5.42. The second-order valence-corrected chi connectivity index (χ2v) is 12.9. The van der Waals surface area contributed by atoms with Gasteiger partial charge in [-0.1, -0.05) is 121 Å². The second kappa shape index (κ2) is 11.9. The fourth-order valence-electron chi connectivity index (χ4n) is 7.41. The predicted octanol–water partition coefficient (Wildman–Crippen LogP) is 12.4. The van der Waals surface area contributed by atoms with Crippen LogP contribution in [0.5, 0.6) is 0 Å². The van der Waals surface area contributed by atoms with Crippen molar-refractivity contribution in [1.29, 1.82) is 0 Å². The van der Waals surface area contributed by atoms with Crippen LogP contribution in [-0.4, -0.2) is 15.0 Å². The number of para-hydroxylation sites is 2. The summed E-state index contributed by atoms with van der Waals surface area (Å²) < 4.78 is 0. The van der Waals surface area contributed by atoms with E-state index in [1.54, 1.807) is 0 Å². The van der Waals surface area contributed by atoms with Crippen LogP contribution in [0.4, 0.5) is 17.1 Å². The van der Waals surface area contributed by atoms with E-state index in [9.17, 15) is 0 Å². The summed E-state index contributed by atoms with van der Waals surface area (Å²) >= 11 is 0. The van der Waals surface area contributed by atoms with Gasteiger partial charge in [-0.15, -0.1) is 0 Å². The van der Waals surface area contributed by atoms with Crippen LogP contribution in [0.3, 0.4) is 0 Å². The first-order valence-electron chi connectivity index (χ1n) is 17.2. The number of hydrogen-bond donors (Lipinski definition) is 0. The van der Waals surface area contributed by atoms with Gasteiger partial charge >= 0.3 is 0 Å². The van der Waals surface area contributed by atoms with Crippen molar-refractivity contribution >= 4 is 71.3 Å². The van der Waals surface area contributed by atoms with E-state index >= 15 is 0 Å². The van der Waals surface area contributed by atoms with Gasteiger partial charge in [0.05, 0.1) is 27.9 Å². The smallest absolute Gasteiger partial charge is 0.0972 e. The molecule has 0 N–H and O–H groups in total. The Balaban J connectivity index is 1.16. The molecule has 0 aliphatic rings. The molecule has 0 aliphatic heterocycles. The largest absolute Gasteiger partial charge is 0.311 e. The van der Waals surface area contributed by atoms with Crippen molar-refractivity contribution in [2.24, 2.45) is 0 Å². The molecule has 0 spiro atoms. The van der Waals surface area contributed by atoms with Gasteiger partial charge in [0.15, 0.2) is 0 Å². The third-order valence-electron chi connectivity index (χ3n) is 9.84.